The topological polar surface area (TPSA) is 44.1 Å². The first-order chi connectivity index (χ1) is 9.77. The number of hydrogen-bond acceptors (Lipinski definition) is 3. The number of aldehydes is 1. The van der Waals surface area contributed by atoms with E-state index in [0.29, 0.717) is 6.29 Å². The first-order valence-electron chi connectivity index (χ1n) is 5.43. The van der Waals surface area contributed by atoms with E-state index in [-0.39, 0.29) is 27.2 Å². The molecule has 0 aliphatic carbocycles. The van der Waals surface area contributed by atoms with Crippen LogP contribution in [-0.4, -0.2) is 23.2 Å². The summed E-state index contributed by atoms with van der Waals surface area (Å²) in [5.74, 6) is 0.0111. The second kappa shape index (κ2) is 5.57. The quantitative estimate of drug-likeness (QED) is 0.794. The number of ether oxygens (including phenoxy) is 1. The molecule has 1 aromatic carbocycles. The van der Waals surface area contributed by atoms with Crippen LogP contribution in [0, 0.1) is 0 Å². The number of carbonyl (C=O) groups excluding carboxylic acids is 1. The number of hydrogen-bond donors (Lipinski definition) is 0. The SMILES string of the molecule is COc1nn(-c2c(Cl)cc(C(F)(F)F)cc2Cl)cc1C=O. The molecule has 1 aromatic heterocycles. The van der Waals surface area contributed by atoms with E-state index < -0.39 is 11.7 Å². The molecule has 0 unspecified atom stereocenters. The summed E-state index contributed by atoms with van der Waals surface area (Å²) in [4.78, 5) is 10.8. The Morgan fingerprint density at radius 3 is 2.24 bits per heavy atom. The van der Waals surface area contributed by atoms with Crippen LogP contribution in [0.15, 0.2) is 18.3 Å². The Kier molecular flexibility index (Phi) is 4.15. The average molecular weight is 339 g/mol. The van der Waals surface area contributed by atoms with E-state index in [2.05, 4.69) is 5.10 Å². The fourth-order valence-electron chi connectivity index (χ4n) is 1.67. The molecule has 0 amide bonds. The second-order valence-electron chi connectivity index (χ2n) is 3.94. The van der Waals surface area contributed by atoms with Crippen molar-refractivity contribution in [3.05, 3.63) is 39.5 Å². The standard InChI is InChI=1S/C12H7Cl2F3N2O2/c1-21-11-6(5-20)4-19(18-11)10-8(13)2-7(3-9(10)14)12(15,16)17/h2-5H,1H3. The van der Waals surface area contributed by atoms with Gasteiger partial charge in [0.25, 0.3) is 0 Å². The van der Waals surface area contributed by atoms with E-state index in [9.17, 15) is 18.0 Å². The Balaban J connectivity index is 2.60. The van der Waals surface area contributed by atoms with Crippen LogP contribution in [0.25, 0.3) is 5.69 Å². The van der Waals surface area contributed by atoms with Crippen LogP contribution in [0.2, 0.25) is 10.0 Å². The Labute approximate surface area is 127 Å². The van der Waals surface area contributed by atoms with Crippen LogP contribution in [0.1, 0.15) is 15.9 Å². The normalized spacial score (nSPS) is 11.5. The maximum Gasteiger partial charge on any atom is 0.416 e. The molecule has 0 N–H and O–H groups in total. The molecule has 0 saturated heterocycles. The summed E-state index contributed by atoms with van der Waals surface area (Å²) in [6.07, 6.45) is -2.82. The summed E-state index contributed by atoms with van der Waals surface area (Å²) >= 11 is 11.7. The van der Waals surface area contributed by atoms with Crippen LogP contribution in [0.4, 0.5) is 13.2 Å². The molecule has 112 valence electrons. The molecule has 0 radical (unpaired) electrons. The smallest absolute Gasteiger partial charge is 0.416 e. The lowest BCUT2D eigenvalue weighted by Gasteiger charge is -2.12. The Morgan fingerprint density at radius 2 is 1.86 bits per heavy atom. The van der Waals surface area contributed by atoms with E-state index in [0.717, 1.165) is 16.8 Å². The molecule has 2 rings (SSSR count). The lowest BCUT2D eigenvalue weighted by atomic mass is 10.2. The van der Waals surface area contributed by atoms with Gasteiger partial charge in [-0.2, -0.15) is 13.2 Å². The molecular weight excluding hydrogens is 332 g/mol. The van der Waals surface area contributed by atoms with Crippen molar-refractivity contribution < 1.29 is 22.7 Å². The van der Waals surface area contributed by atoms with Crippen LogP contribution < -0.4 is 4.74 Å². The molecule has 21 heavy (non-hydrogen) atoms. The van der Waals surface area contributed by atoms with E-state index in [1.807, 2.05) is 0 Å². The van der Waals surface area contributed by atoms with Gasteiger partial charge in [0, 0.05) is 6.20 Å². The molecule has 0 fully saturated rings. The molecule has 0 bridgehead atoms. The second-order valence-corrected chi connectivity index (χ2v) is 4.76. The van der Waals surface area contributed by atoms with Gasteiger partial charge in [-0.1, -0.05) is 23.2 Å². The molecule has 0 aliphatic heterocycles. The van der Waals surface area contributed by atoms with E-state index in [4.69, 9.17) is 27.9 Å². The van der Waals surface area contributed by atoms with Crippen LogP contribution in [0.3, 0.4) is 0 Å². The van der Waals surface area contributed by atoms with Gasteiger partial charge in [0.05, 0.1) is 28.3 Å². The largest absolute Gasteiger partial charge is 0.479 e. The summed E-state index contributed by atoms with van der Waals surface area (Å²) in [5, 5.41) is 3.39. The number of halogens is 5. The highest BCUT2D eigenvalue weighted by atomic mass is 35.5. The fraction of sp³-hybridized carbons (Fsp3) is 0.167. The number of nitrogens with zero attached hydrogens (tertiary/aromatic N) is 2. The maximum absolute atomic E-state index is 12.7. The molecule has 2 aromatic rings. The van der Waals surface area contributed by atoms with Crippen molar-refractivity contribution in [3.8, 4) is 11.6 Å². The van der Waals surface area contributed by atoms with Crippen molar-refractivity contribution in [3.63, 3.8) is 0 Å². The zero-order valence-electron chi connectivity index (χ0n) is 10.4. The van der Waals surface area contributed by atoms with Crippen LogP contribution in [0.5, 0.6) is 5.88 Å². The molecule has 1 heterocycles. The van der Waals surface area contributed by atoms with Gasteiger partial charge in [-0.05, 0) is 12.1 Å². The van der Waals surface area contributed by atoms with Crippen molar-refractivity contribution in [2.24, 2.45) is 0 Å². The summed E-state index contributed by atoms with van der Waals surface area (Å²) in [6.45, 7) is 0. The molecule has 0 spiro atoms. The number of benzene rings is 1. The van der Waals surface area contributed by atoms with E-state index >= 15 is 0 Å². The van der Waals surface area contributed by atoms with Gasteiger partial charge in [0.15, 0.2) is 6.29 Å². The third-order valence-electron chi connectivity index (χ3n) is 2.60. The van der Waals surface area contributed by atoms with E-state index in [1.54, 1.807) is 0 Å². The van der Waals surface area contributed by atoms with Gasteiger partial charge < -0.3 is 4.74 Å². The van der Waals surface area contributed by atoms with Gasteiger partial charge in [-0.3, -0.25) is 4.79 Å². The van der Waals surface area contributed by atoms with E-state index in [1.165, 1.54) is 13.3 Å². The van der Waals surface area contributed by atoms with Crippen molar-refractivity contribution in [2.75, 3.05) is 7.11 Å². The minimum Gasteiger partial charge on any atom is -0.479 e. The lowest BCUT2D eigenvalue weighted by molar-refractivity contribution is -0.137. The number of alkyl halides is 3. The average Bonchev–Trinajstić information content (AvgIpc) is 2.79. The molecular formula is C12H7Cl2F3N2O2. The number of aromatic nitrogens is 2. The molecule has 0 saturated carbocycles. The molecule has 4 nitrogen and oxygen atoms in total. The molecule has 0 aliphatic rings. The van der Waals surface area contributed by atoms with Gasteiger partial charge in [0.1, 0.15) is 5.69 Å². The monoisotopic (exact) mass is 338 g/mol. The Morgan fingerprint density at radius 1 is 1.29 bits per heavy atom. The van der Waals surface area contributed by atoms with Crippen molar-refractivity contribution in [1.82, 2.24) is 9.78 Å². The predicted octanol–water partition coefficient (Wildman–Crippen LogP) is 4.02. The number of carbonyl (C=O) groups is 1. The van der Waals surface area contributed by atoms with Crippen molar-refractivity contribution in [1.29, 1.82) is 0 Å². The Hall–Kier alpha value is -1.73. The lowest BCUT2D eigenvalue weighted by Crippen LogP contribution is -2.07. The molecule has 0 atom stereocenters. The zero-order valence-corrected chi connectivity index (χ0v) is 11.9. The van der Waals surface area contributed by atoms with Gasteiger partial charge in [-0.25, -0.2) is 4.68 Å². The zero-order chi connectivity index (χ0) is 15.8. The third kappa shape index (κ3) is 2.98. The van der Waals surface area contributed by atoms with Crippen LogP contribution in [-0.2, 0) is 6.18 Å². The van der Waals surface area contributed by atoms with Gasteiger partial charge >= 0.3 is 6.18 Å². The summed E-state index contributed by atoms with van der Waals surface area (Å²) < 4.78 is 43.9. The minimum absolute atomic E-state index is 0.0111. The van der Waals surface area contributed by atoms with Gasteiger partial charge in [-0.15, -0.1) is 5.10 Å². The Bertz CT molecular complexity index is 675. The van der Waals surface area contributed by atoms with Crippen molar-refractivity contribution in [2.45, 2.75) is 6.18 Å². The maximum atomic E-state index is 12.7. The first-order valence-corrected chi connectivity index (χ1v) is 6.19. The van der Waals surface area contributed by atoms with Crippen molar-refractivity contribution >= 4 is 29.5 Å². The first kappa shape index (κ1) is 15.7. The minimum atomic E-state index is -4.57. The predicted molar refractivity (Wildman–Crippen MR) is 70.5 cm³/mol. The number of methoxy groups -OCH3 is 1. The fourth-order valence-corrected chi connectivity index (χ4v) is 2.33. The summed E-state index contributed by atoms with van der Waals surface area (Å²) in [5.41, 5.74) is -0.835. The highest BCUT2D eigenvalue weighted by Crippen LogP contribution is 2.37. The number of rotatable bonds is 3. The highest BCUT2D eigenvalue weighted by Gasteiger charge is 2.32. The summed E-state index contributed by atoms with van der Waals surface area (Å²) in [6, 6.07) is 1.47. The summed E-state index contributed by atoms with van der Waals surface area (Å²) in [7, 11) is 1.30. The third-order valence-corrected chi connectivity index (χ3v) is 3.18. The highest BCUT2D eigenvalue weighted by molar-refractivity contribution is 6.37. The molecule has 9 heteroatoms. The van der Waals surface area contributed by atoms with Gasteiger partial charge in [0.2, 0.25) is 5.88 Å². The van der Waals surface area contributed by atoms with Crippen LogP contribution >= 0.6 is 23.2 Å².